The summed E-state index contributed by atoms with van der Waals surface area (Å²) in [5, 5.41) is 8.04. The van der Waals surface area contributed by atoms with E-state index < -0.39 is 0 Å². The van der Waals surface area contributed by atoms with Gasteiger partial charge in [-0.3, -0.25) is 4.98 Å². The van der Waals surface area contributed by atoms with Crippen LogP contribution in [-0.2, 0) is 0 Å². The Morgan fingerprint density at radius 1 is 1.27 bits per heavy atom. The summed E-state index contributed by atoms with van der Waals surface area (Å²) in [5.74, 6) is 0.873. The van der Waals surface area contributed by atoms with Gasteiger partial charge >= 0.3 is 0 Å². The van der Waals surface area contributed by atoms with Crippen molar-refractivity contribution in [1.29, 1.82) is 0 Å². The Bertz CT molecular complexity index is 442. The van der Waals surface area contributed by atoms with E-state index in [4.69, 9.17) is 0 Å². The molecule has 15 heavy (non-hydrogen) atoms. The minimum Gasteiger partial charge on any atom is -0.311 e. The third-order valence-corrected chi connectivity index (χ3v) is 2.30. The van der Waals surface area contributed by atoms with Crippen molar-refractivity contribution in [3.05, 3.63) is 30.4 Å². The molecule has 0 spiro atoms. The second-order valence-corrected chi connectivity index (χ2v) is 3.84. The smallest absolute Gasteiger partial charge is 0.165 e. The maximum Gasteiger partial charge on any atom is 0.165 e. The van der Waals surface area contributed by atoms with Crippen molar-refractivity contribution in [2.45, 2.75) is 26.8 Å². The monoisotopic (exact) mass is 202 g/mol. The molecule has 0 saturated heterocycles. The molecule has 0 aliphatic rings. The summed E-state index contributed by atoms with van der Waals surface area (Å²) in [5.41, 5.74) is 2.01. The number of hydrogen-bond acceptors (Lipinski definition) is 3. The van der Waals surface area contributed by atoms with Gasteiger partial charge in [-0.15, -0.1) is 10.2 Å². The van der Waals surface area contributed by atoms with Crippen molar-refractivity contribution < 1.29 is 0 Å². The number of hydrogen-bond donors (Lipinski definition) is 0. The Balaban J connectivity index is 2.45. The van der Waals surface area contributed by atoms with E-state index in [-0.39, 0.29) is 0 Å². The molecule has 0 atom stereocenters. The highest BCUT2D eigenvalue weighted by atomic mass is 15.3. The Morgan fingerprint density at radius 2 is 2.07 bits per heavy atom. The molecule has 2 aromatic heterocycles. The normalized spacial score (nSPS) is 10.9. The van der Waals surface area contributed by atoms with Crippen LogP contribution in [0.4, 0.5) is 0 Å². The van der Waals surface area contributed by atoms with E-state index in [1.54, 1.807) is 6.33 Å². The molecular weight excluding hydrogens is 188 g/mol. The number of nitrogens with zero attached hydrogens (tertiary/aromatic N) is 4. The SMILES string of the molecule is Cc1ccc(-c2nncn2C(C)C)cn1. The van der Waals surface area contributed by atoms with E-state index >= 15 is 0 Å². The van der Waals surface area contributed by atoms with Gasteiger partial charge < -0.3 is 4.57 Å². The predicted molar refractivity (Wildman–Crippen MR) is 58.4 cm³/mol. The number of aryl methyl sites for hydroxylation is 1. The number of aromatic nitrogens is 4. The van der Waals surface area contributed by atoms with Gasteiger partial charge in [-0.2, -0.15) is 0 Å². The Labute approximate surface area is 89.0 Å². The molecule has 0 amide bonds. The molecule has 0 aliphatic carbocycles. The van der Waals surface area contributed by atoms with Crippen molar-refractivity contribution in [2.75, 3.05) is 0 Å². The quantitative estimate of drug-likeness (QED) is 0.750. The van der Waals surface area contributed by atoms with Crippen LogP contribution >= 0.6 is 0 Å². The molecule has 2 heterocycles. The molecule has 0 aliphatic heterocycles. The summed E-state index contributed by atoms with van der Waals surface area (Å²) in [6, 6.07) is 4.36. The van der Waals surface area contributed by atoms with Crippen LogP contribution in [0.15, 0.2) is 24.7 Å². The first-order valence-corrected chi connectivity index (χ1v) is 5.01. The first kappa shape index (κ1) is 9.83. The summed E-state index contributed by atoms with van der Waals surface area (Å²) in [6.07, 6.45) is 3.58. The second-order valence-electron chi connectivity index (χ2n) is 3.84. The maximum absolute atomic E-state index is 4.25. The van der Waals surface area contributed by atoms with Crippen LogP contribution in [0.1, 0.15) is 25.6 Å². The third kappa shape index (κ3) is 1.88. The Morgan fingerprint density at radius 3 is 2.67 bits per heavy atom. The van der Waals surface area contributed by atoms with Crippen LogP contribution in [0.25, 0.3) is 11.4 Å². The van der Waals surface area contributed by atoms with Crippen molar-refractivity contribution in [2.24, 2.45) is 0 Å². The fraction of sp³-hybridized carbons (Fsp3) is 0.364. The first-order valence-electron chi connectivity index (χ1n) is 5.01. The minimum atomic E-state index is 0.358. The first-order chi connectivity index (χ1) is 7.18. The van der Waals surface area contributed by atoms with Crippen molar-refractivity contribution >= 4 is 0 Å². The molecule has 0 fully saturated rings. The second kappa shape index (κ2) is 3.81. The van der Waals surface area contributed by atoms with Crippen molar-refractivity contribution in [1.82, 2.24) is 19.7 Å². The van der Waals surface area contributed by atoms with E-state index in [2.05, 4.69) is 29.0 Å². The molecule has 2 aromatic rings. The molecular formula is C11H14N4. The van der Waals surface area contributed by atoms with Gasteiger partial charge in [-0.1, -0.05) is 0 Å². The highest BCUT2D eigenvalue weighted by molar-refractivity contribution is 5.53. The lowest BCUT2D eigenvalue weighted by atomic mass is 10.2. The number of rotatable bonds is 2. The van der Waals surface area contributed by atoms with Gasteiger partial charge in [-0.05, 0) is 32.9 Å². The molecule has 0 aromatic carbocycles. The fourth-order valence-corrected chi connectivity index (χ4v) is 1.43. The summed E-state index contributed by atoms with van der Waals surface area (Å²) < 4.78 is 2.03. The highest BCUT2D eigenvalue weighted by Crippen LogP contribution is 2.18. The van der Waals surface area contributed by atoms with Crippen LogP contribution in [0, 0.1) is 6.92 Å². The van der Waals surface area contributed by atoms with Crippen LogP contribution in [-0.4, -0.2) is 19.7 Å². The van der Waals surface area contributed by atoms with E-state index in [9.17, 15) is 0 Å². The van der Waals surface area contributed by atoms with Crippen LogP contribution in [0.3, 0.4) is 0 Å². The predicted octanol–water partition coefficient (Wildman–Crippen LogP) is 2.23. The molecule has 0 saturated carbocycles. The van der Waals surface area contributed by atoms with E-state index in [1.807, 2.05) is 29.8 Å². The summed E-state index contributed by atoms with van der Waals surface area (Å²) in [7, 11) is 0. The fourth-order valence-electron chi connectivity index (χ4n) is 1.43. The van der Waals surface area contributed by atoms with Gasteiger partial charge in [0.1, 0.15) is 6.33 Å². The Hall–Kier alpha value is -1.71. The lowest BCUT2D eigenvalue weighted by Gasteiger charge is -2.09. The molecule has 0 N–H and O–H groups in total. The van der Waals surface area contributed by atoms with E-state index in [0.717, 1.165) is 17.1 Å². The molecule has 2 rings (SSSR count). The largest absolute Gasteiger partial charge is 0.311 e. The molecule has 78 valence electrons. The molecule has 0 bridgehead atoms. The van der Waals surface area contributed by atoms with Gasteiger partial charge in [0.05, 0.1) is 0 Å². The third-order valence-electron chi connectivity index (χ3n) is 2.30. The van der Waals surface area contributed by atoms with Gasteiger partial charge in [0.2, 0.25) is 0 Å². The summed E-state index contributed by atoms with van der Waals surface area (Å²) in [6.45, 7) is 6.18. The topological polar surface area (TPSA) is 43.6 Å². The van der Waals surface area contributed by atoms with Crippen LogP contribution in [0.2, 0.25) is 0 Å². The van der Waals surface area contributed by atoms with Crippen LogP contribution in [0.5, 0.6) is 0 Å². The molecule has 4 nitrogen and oxygen atoms in total. The zero-order valence-corrected chi connectivity index (χ0v) is 9.18. The molecule has 0 radical (unpaired) electrons. The maximum atomic E-state index is 4.25. The highest BCUT2D eigenvalue weighted by Gasteiger charge is 2.09. The van der Waals surface area contributed by atoms with E-state index in [1.165, 1.54) is 0 Å². The summed E-state index contributed by atoms with van der Waals surface area (Å²) >= 11 is 0. The van der Waals surface area contributed by atoms with E-state index in [0.29, 0.717) is 6.04 Å². The zero-order chi connectivity index (χ0) is 10.8. The molecule has 0 unspecified atom stereocenters. The average Bonchev–Trinajstić information content (AvgIpc) is 2.67. The van der Waals surface area contributed by atoms with Gasteiger partial charge in [0, 0.05) is 23.5 Å². The summed E-state index contributed by atoms with van der Waals surface area (Å²) in [4.78, 5) is 4.25. The van der Waals surface area contributed by atoms with Gasteiger partial charge in [0.25, 0.3) is 0 Å². The lowest BCUT2D eigenvalue weighted by Crippen LogP contribution is -2.01. The van der Waals surface area contributed by atoms with Gasteiger partial charge in [-0.25, -0.2) is 0 Å². The van der Waals surface area contributed by atoms with Crippen molar-refractivity contribution in [3.63, 3.8) is 0 Å². The minimum absolute atomic E-state index is 0.358. The standard InChI is InChI=1S/C11H14N4/c1-8(2)15-7-13-14-11(15)10-5-4-9(3)12-6-10/h4-8H,1-3H3. The number of pyridine rings is 1. The lowest BCUT2D eigenvalue weighted by molar-refractivity contribution is 0.604. The zero-order valence-electron chi connectivity index (χ0n) is 9.18. The van der Waals surface area contributed by atoms with Crippen molar-refractivity contribution in [3.8, 4) is 11.4 Å². The molecule has 4 heteroatoms. The van der Waals surface area contributed by atoms with Gasteiger partial charge in [0.15, 0.2) is 5.82 Å². The Kier molecular flexibility index (Phi) is 2.49. The average molecular weight is 202 g/mol. The van der Waals surface area contributed by atoms with Crippen LogP contribution < -0.4 is 0 Å².